The van der Waals surface area contributed by atoms with Crippen LogP contribution in [0, 0.1) is 0 Å². The van der Waals surface area contributed by atoms with Crippen LogP contribution in [0.15, 0.2) is 48.8 Å². The van der Waals surface area contributed by atoms with Crippen LogP contribution in [0.4, 0.5) is 5.69 Å². The molecule has 0 unspecified atom stereocenters. The molecule has 1 saturated heterocycles. The van der Waals surface area contributed by atoms with E-state index in [1.165, 1.54) is 5.56 Å². The number of halogens is 1. The lowest BCUT2D eigenvalue weighted by Gasteiger charge is -2.33. The van der Waals surface area contributed by atoms with Crippen LogP contribution in [0.2, 0.25) is 5.02 Å². The molecule has 0 spiro atoms. The molecule has 4 heteroatoms. The Hall–Kier alpha value is -1.58. The van der Waals surface area contributed by atoms with Crippen LogP contribution >= 0.6 is 11.6 Å². The predicted molar refractivity (Wildman–Crippen MR) is 87.6 cm³/mol. The van der Waals surface area contributed by atoms with Gasteiger partial charge in [-0.1, -0.05) is 29.8 Å². The molecule has 0 atom stereocenters. The standard InChI is InChI=1S/C17H20ClN3/c18-16-5-1-2-6-17(16)20-15-7-10-21(11-8-15)13-14-4-3-9-19-12-14/h1-6,9,12,15,20H,7-8,10-11,13H2. The molecule has 1 aromatic heterocycles. The van der Waals surface area contributed by atoms with Gasteiger partial charge in [0.15, 0.2) is 0 Å². The van der Waals surface area contributed by atoms with Crippen molar-refractivity contribution in [3.8, 4) is 0 Å². The number of piperidine rings is 1. The zero-order chi connectivity index (χ0) is 14.5. The van der Waals surface area contributed by atoms with Crippen molar-refractivity contribution < 1.29 is 0 Å². The SMILES string of the molecule is Clc1ccccc1NC1CCN(Cc2cccnc2)CC1. The minimum atomic E-state index is 0.509. The molecular formula is C17H20ClN3. The fourth-order valence-electron chi connectivity index (χ4n) is 2.78. The zero-order valence-electron chi connectivity index (χ0n) is 12.0. The maximum atomic E-state index is 6.20. The van der Waals surface area contributed by atoms with Crippen molar-refractivity contribution in [2.45, 2.75) is 25.4 Å². The maximum absolute atomic E-state index is 6.20. The van der Waals surface area contributed by atoms with Gasteiger partial charge in [-0.15, -0.1) is 0 Å². The van der Waals surface area contributed by atoms with Crippen LogP contribution in [0.25, 0.3) is 0 Å². The van der Waals surface area contributed by atoms with Crippen LogP contribution in [0.5, 0.6) is 0 Å². The number of pyridine rings is 1. The van der Waals surface area contributed by atoms with Crippen molar-refractivity contribution in [2.24, 2.45) is 0 Å². The third-order valence-corrected chi connectivity index (χ3v) is 4.28. The lowest BCUT2D eigenvalue weighted by atomic mass is 10.0. The normalized spacial score (nSPS) is 16.8. The van der Waals surface area contributed by atoms with E-state index in [9.17, 15) is 0 Å². The summed E-state index contributed by atoms with van der Waals surface area (Å²) in [6, 6.07) is 12.6. The second-order valence-electron chi connectivity index (χ2n) is 5.54. The Kier molecular flexibility index (Phi) is 4.73. The van der Waals surface area contributed by atoms with E-state index in [1.54, 1.807) is 0 Å². The predicted octanol–water partition coefficient (Wildman–Crippen LogP) is 3.81. The first kappa shape index (κ1) is 14.4. The summed E-state index contributed by atoms with van der Waals surface area (Å²) in [5.41, 5.74) is 2.33. The van der Waals surface area contributed by atoms with Crippen LogP contribution in [-0.4, -0.2) is 29.0 Å². The van der Waals surface area contributed by atoms with E-state index in [4.69, 9.17) is 11.6 Å². The van der Waals surface area contributed by atoms with Gasteiger partial charge in [-0.05, 0) is 36.6 Å². The Morgan fingerprint density at radius 3 is 2.67 bits per heavy atom. The van der Waals surface area contributed by atoms with E-state index in [0.717, 1.165) is 43.2 Å². The molecule has 0 radical (unpaired) electrons. The quantitative estimate of drug-likeness (QED) is 0.931. The van der Waals surface area contributed by atoms with E-state index >= 15 is 0 Å². The molecule has 2 aromatic rings. The summed E-state index contributed by atoms with van der Waals surface area (Å²) in [5.74, 6) is 0. The van der Waals surface area contributed by atoms with Gasteiger partial charge in [0, 0.05) is 38.1 Å². The number of hydrogen-bond donors (Lipinski definition) is 1. The second-order valence-corrected chi connectivity index (χ2v) is 5.94. The number of para-hydroxylation sites is 1. The third kappa shape index (κ3) is 3.96. The second kappa shape index (κ2) is 6.92. The molecule has 0 amide bonds. The molecule has 2 heterocycles. The third-order valence-electron chi connectivity index (χ3n) is 3.95. The molecule has 1 N–H and O–H groups in total. The monoisotopic (exact) mass is 301 g/mol. The summed E-state index contributed by atoms with van der Waals surface area (Å²) >= 11 is 6.20. The molecule has 21 heavy (non-hydrogen) atoms. The van der Waals surface area contributed by atoms with Crippen molar-refractivity contribution in [1.82, 2.24) is 9.88 Å². The number of nitrogens with zero attached hydrogens (tertiary/aromatic N) is 2. The van der Waals surface area contributed by atoms with Gasteiger partial charge in [0.05, 0.1) is 10.7 Å². The Balaban J connectivity index is 1.50. The number of anilines is 1. The zero-order valence-corrected chi connectivity index (χ0v) is 12.8. The van der Waals surface area contributed by atoms with Gasteiger partial charge in [0.25, 0.3) is 0 Å². The van der Waals surface area contributed by atoms with Gasteiger partial charge in [-0.3, -0.25) is 9.88 Å². The summed E-state index contributed by atoms with van der Waals surface area (Å²) in [7, 11) is 0. The topological polar surface area (TPSA) is 28.2 Å². The summed E-state index contributed by atoms with van der Waals surface area (Å²) in [6.45, 7) is 3.21. The van der Waals surface area contributed by atoms with E-state index < -0.39 is 0 Å². The van der Waals surface area contributed by atoms with Crippen LogP contribution in [0.3, 0.4) is 0 Å². The van der Waals surface area contributed by atoms with Crippen molar-refractivity contribution in [2.75, 3.05) is 18.4 Å². The molecule has 1 aromatic carbocycles. The van der Waals surface area contributed by atoms with Crippen molar-refractivity contribution in [3.05, 3.63) is 59.4 Å². The first-order chi connectivity index (χ1) is 10.3. The minimum Gasteiger partial charge on any atom is -0.381 e. The highest BCUT2D eigenvalue weighted by atomic mass is 35.5. The van der Waals surface area contributed by atoms with E-state index in [1.807, 2.05) is 42.7 Å². The Morgan fingerprint density at radius 2 is 1.95 bits per heavy atom. The van der Waals surface area contributed by atoms with Crippen LogP contribution in [0.1, 0.15) is 18.4 Å². The van der Waals surface area contributed by atoms with Crippen molar-refractivity contribution >= 4 is 17.3 Å². The Bertz CT molecular complexity index is 565. The number of likely N-dealkylation sites (tertiary alicyclic amines) is 1. The van der Waals surface area contributed by atoms with Crippen molar-refractivity contribution in [3.63, 3.8) is 0 Å². The molecule has 0 saturated carbocycles. The molecule has 1 fully saturated rings. The highest BCUT2D eigenvalue weighted by molar-refractivity contribution is 6.33. The largest absolute Gasteiger partial charge is 0.381 e. The average molecular weight is 302 g/mol. The molecular weight excluding hydrogens is 282 g/mol. The van der Waals surface area contributed by atoms with Crippen molar-refractivity contribution in [1.29, 1.82) is 0 Å². The van der Waals surface area contributed by atoms with Gasteiger partial charge in [0.1, 0.15) is 0 Å². The minimum absolute atomic E-state index is 0.509. The summed E-state index contributed by atoms with van der Waals surface area (Å²) in [6.07, 6.45) is 6.06. The molecule has 3 nitrogen and oxygen atoms in total. The summed E-state index contributed by atoms with van der Waals surface area (Å²) < 4.78 is 0. The first-order valence-electron chi connectivity index (χ1n) is 7.43. The molecule has 0 bridgehead atoms. The van der Waals surface area contributed by atoms with Crippen LogP contribution < -0.4 is 5.32 Å². The van der Waals surface area contributed by atoms with Gasteiger partial charge in [-0.2, -0.15) is 0 Å². The van der Waals surface area contributed by atoms with Crippen LogP contribution in [-0.2, 0) is 6.54 Å². The molecule has 1 aliphatic heterocycles. The molecule has 0 aliphatic carbocycles. The highest BCUT2D eigenvalue weighted by Gasteiger charge is 2.19. The van der Waals surface area contributed by atoms with E-state index in [0.29, 0.717) is 6.04 Å². The number of aromatic nitrogens is 1. The number of nitrogens with one attached hydrogen (secondary N) is 1. The fourth-order valence-corrected chi connectivity index (χ4v) is 2.97. The van der Waals surface area contributed by atoms with Gasteiger partial charge < -0.3 is 5.32 Å². The Labute approximate surface area is 131 Å². The summed E-state index contributed by atoms with van der Waals surface area (Å²) in [4.78, 5) is 6.66. The fraction of sp³-hybridized carbons (Fsp3) is 0.353. The maximum Gasteiger partial charge on any atom is 0.0637 e. The Morgan fingerprint density at radius 1 is 1.14 bits per heavy atom. The number of rotatable bonds is 4. The number of benzene rings is 1. The molecule has 3 rings (SSSR count). The lowest BCUT2D eigenvalue weighted by molar-refractivity contribution is 0.211. The van der Waals surface area contributed by atoms with E-state index in [-0.39, 0.29) is 0 Å². The summed E-state index contributed by atoms with van der Waals surface area (Å²) in [5, 5.41) is 4.36. The van der Waals surface area contributed by atoms with E-state index in [2.05, 4.69) is 21.3 Å². The molecule has 110 valence electrons. The van der Waals surface area contributed by atoms with Gasteiger partial charge >= 0.3 is 0 Å². The average Bonchev–Trinajstić information content (AvgIpc) is 2.52. The molecule has 1 aliphatic rings. The number of hydrogen-bond acceptors (Lipinski definition) is 3. The van der Waals surface area contributed by atoms with Gasteiger partial charge in [0.2, 0.25) is 0 Å². The van der Waals surface area contributed by atoms with Gasteiger partial charge in [-0.25, -0.2) is 0 Å². The first-order valence-corrected chi connectivity index (χ1v) is 7.81. The smallest absolute Gasteiger partial charge is 0.0637 e. The lowest BCUT2D eigenvalue weighted by Crippen LogP contribution is -2.38. The highest BCUT2D eigenvalue weighted by Crippen LogP contribution is 2.24.